The number of phenols is 2. The fourth-order valence-corrected chi connectivity index (χ4v) is 8.59. The molecule has 2 nitrogen and oxygen atoms in total. The maximum absolute atomic E-state index is 10.2. The lowest BCUT2D eigenvalue weighted by molar-refractivity contribution is 0.475. The lowest BCUT2D eigenvalue weighted by Crippen LogP contribution is -2.28. The second-order valence-corrected chi connectivity index (χ2v) is 13.3. The Hall–Kier alpha value is -5.16. The molecule has 0 atom stereocenters. The Morgan fingerprint density at radius 3 is 1.29 bits per heavy atom. The predicted octanol–water partition coefficient (Wildman–Crippen LogP) is 11.2. The smallest absolute Gasteiger partial charge is 0.116 e. The van der Waals surface area contributed by atoms with Crippen LogP contribution in [0.4, 0.5) is 0 Å². The van der Waals surface area contributed by atoms with Gasteiger partial charge in [0, 0.05) is 0 Å². The van der Waals surface area contributed by atoms with Crippen LogP contribution in [0.5, 0.6) is 11.5 Å². The van der Waals surface area contributed by atoms with Gasteiger partial charge in [-0.05, 0) is 159 Å². The van der Waals surface area contributed by atoms with E-state index in [2.05, 4.69) is 106 Å². The van der Waals surface area contributed by atoms with Crippen molar-refractivity contribution in [1.29, 1.82) is 0 Å². The molecule has 1 aliphatic rings. The first-order chi connectivity index (χ1) is 22.1. The van der Waals surface area contributed by atoms with Gasteiger partial charge in [-0.15, -0.1) is 0 Å². The second-order valence-electron chi connectivity index (χ2n) is 11.8. The Morgan fingerprint density at radius 2 is 0.844 bits per heavy atom. The zero-order valence-corrected chi connectivity index (χ0v) is 25.7. The SMILES string of the molecule is Oc1ccc2cc(C3(c4ccc5cc(O)ccc5c4)c4cc(-c5ccsc5)ccc4-c4ccc(-c5ccsc5)cc43)ccc2c1. The van der Waals surface area contributed by atoms with Crippen LogP contribution in [-0.2, 0) is 5.41 Å². The van der Waals surface area contributed by atoms with Crippen LogP contribution in [0.2, 0.25) is 0 Å². The van der Waals surface area contributed by atoms with E-state index in [1.54, 1.807) is 34.8 Å². The zero-order chi connectivity index (χ0) is 30.1. The van der Waals surface area contributed by atoms with Crippen LogP contribution in [0.3, 0.4) is 0 Å². The van der Waals surface area contributed by atoms with Gasteiger partial charge in [-0.25, -0.2) is 0 Å². The van der Waals surface area contributed by atoms with Gasteiger partial charge in [0.2, 0.25) is 0 Å². The lowest BCUT2D eigenvalue weighted by Gasteiger charge is -2.35. The van der Waals surface area contributed by atoms with Crippen molar-refractivity contribution in [1.82, 2.24) is 0 Å². The Bertz CT molecular complexity index is 2230. The van der Waals surface area contributed by atoms with E-state index in [1.807, 2.05) is 24.3 Å². The summed E-state index contributed by atoms with van der Waals surface area (Å²) >= 11 is 3.43. The molecule has 8 aromatic rings. The molecule has 2 heterocycles. The van der Waals surface area contributed by atoms with E-state index in [0.717, 1.165) is 21.5 Å². The van der Waals surface area contributed by atoms with Crippen molar-refractivity contribution in [3.8, 4) is 44.9 Å². The van der Waals surface area contributed by atoms with Crippen LogP contribution in [0.15, 0.2) is 143 Å². The summed E-state index contributed by atoms with van der Waals surface area (Å²) in [4.78, 5) is 0. The Balaban J connectivity index is 1.43. The molecule has 0 radical (unpaired) electrons. The van der Waals surface area contributed by atoms with E-state index < -0.39 is 5.41 Å². The minimum absolute atomic E-state index is 0.264. The average Bonchev–Trinajstić information content (AvgIpc) is 3.85. The summed E-state index contributed by atoms with van der Waals surface area (Å²) in [6.45, 7) is 0. The van der Waals surface area contributed by atoms with E-state index in [-0.39, 0.29) is 11.5 Å². The predicted molar refractivity (Wildman–Crippen MR) is 189 cm³/mol. The summed E-state index contributed by atoms with van der Waals surface area (Å²) in [6.07, 6.45) is 0. The van der Waals surface area contributed by atoms with E-state index in [9.17, 15) is 10.2 Å². The van der Waals surface area contributed by atoms with Gasteiger partial charge in [-0.1, -0.05) is 60.7 Å². The number of hydrogen-bond acceptors (Lipinski definition) is 4. The van der Waals surface area contributed by atoms with Crippen LogP contribution in [0.1, 0.15) is 22.3 Å². The summed E-state index contributed by atoms with van der Waals surface area (Å²) in [7, 11) is 0. The molecule has 0 unspecified atom stereocenters. The van der Waals surface area contributed by atoms with Gasteiger partial charge in [0.25, 0.3) is 0 Å². The molecular weight excluding hydrogens is 589 g/mol. The molecule has 45 heavy (non-hydrogen) atoms. The summed E-state index contributed by atoms with van der Waals surface area (Å²) in [5.41, 5.74) is 11.5. The molecule has 6 aromatic carbocycles. The fourth-order valence-electron chi connectivity index (χ4n) is 7.26. The van der Waals surface area contributed by atoms with E-state index >= 15 is 0 Å². The third-order valence-electron chi connectivity index (χ3n) is 9.36. The molecule has 0 amide bonds. The van der Waals surface area contributed by atoms with Crippen LogP contribution >= 0.6 is 22.7 Å². The van der Waals surface area contributed by atoms with Gasteiger partial charge >= 0.3 is 0 Å². The molecule has 0 fully saturated rings. The highest BCUT2D eigenvalue weighted by atomic mass is 32.1. The average molecular weight is 615 g/mol. The number of benzene rings is 6. The highest BCUT2D eigenvalue weighted by Crippen LogP contribution is 2.58. The molecule has 0 spiro atoms. The van der Waals surface area contributed by atoms with Crippen molar-refractivity contribution in [3.05, 3.63) is 165 Å². The topological polar surface area (TPSA) is 40.5 Å². The number of fused-ring (bicyclic) bond motifs is 5. The molecule has 0 aliphatic heterocycles. The number of rotatable bonds is 4. The van der Waals surface area contributed by atoms with Crippen molar-refractivity contribution in [2.75, 3.05) is 0 Å². The summed E-state index contributed by atoms with van der Waals surface area (Å²) in [6, 6.07) is 42.8. The first-order valence-electron chi connectivity index (χ1n) is 14.9. The van der Waals surface area contributed by atoms with E-state index in [4.69, 9.17) is 0 Å². The second kappa shape index (κ2) is 9.93. The summed E-state index contributed by atoms with van der Waals surface area (Å²) in [5, 5.41) is 33.3. The highest BCUT2D eigenvalue weighted by molar-refractivity contribution is 7.08. The quantitative estimate of drug-likeness (QED) is 0.207. The van der Waals surface area contributed by atoms with Gasteiger partial charge in [-0.2, -0.15) is 22.7 Å². The lowest BCUT2D eigenvalue weighted by atomic mass is 9.66. The number of thiophene rings is 2. The molecule has 2 aromatic heterocycles. The highest BCUT2D eigenvalue weighted by Gasteiger charge is 2.46. The van der Waals surface area contributed by atoms with Crippen molar-refractivity contribution in [3.63, 3.8) is 0 Å². The summed E-state index contributed by atoms with van der Waals surface area (Å²) in [5.74, 6) is 0.528. The number of phenolic OH excluding ortho intramolecular Hbond substituents is 2. The van der Waals surface area contributed by atoms with Crippen LogP contribution in [-0.4, -0.2) is 10.2 Å². The van der Waals surface area contributed by atoms with Gasteiger partial charge in [-0.3, -0.25) is 0 Å². The minimum Gasteiger partial charge on any atom is -0.508 e. The molecule has 1 aliphatic carbocycles. The first kappa shape index (κ1) is 26.3. The Kier molecular flexibility index (Phi) is 5.79. The van der Waals surface area contributed by atoms with Crippen molar-refractivity contribution in [2.45, 2.75) is 5.41 Å². The molecule has 0 saturated carbocycles. The number of aromatic hydroxyl groups is 2. The maximum atomic E-state index is 10.2. The minimum atomic E-state index is -0.624. The van der Waals surface area contributed by atoms with E-state index in [0.29, 0.717) is 0 Å². The van der Waals surface area contributed by atoms with Crippen LogP contribution in [0, 0.1) is 0 Å². The van der Waals surface area contributed by atoms with Crippen molar-refractivity contribution < 1.29 is 10.2 Å². The molecule has 0 saturated heterocycles. The standard InChI is InChI=1S/C41H26O2S2/c42-35-9-3-25-17-33(7-1-27(25)19-35)41(34-8-2-28-20-36(43)10-4-26(28)18-34)39-21-29(31-13-15-44-23-31)5-11-37(39)38-12-6-30(22-40(38)41)32-14-16-45-24-32/h1-24,42-43H. The first-order valence-corrected chi connectivity index (χ1v) is 16.8. The molecule has 0 bridgehead atoms. The van der Waals surface area contributed by atoms with Gasteiger partial charge in [0.05, 0.1) is 5.41 Å². The molecule has 4 heteroatoms. The van der Waals surface area contributed by atoms with Gasteiger partial charge in [0.15, 0.2) is 0 Å². The molecule has 214 valence electrons. The third kappa shape index (κ3) is 4.00. The maximum Gasteiger partial charge on any atom is 0.116 e. The van der Waals surface area contributed by atoms with Gasteiger partial charge < -0.3 is 10.2 Å². The van der Waals surface area contributed by atoms with Crippen molar-refractivity contribution >= 4 is 44.2 Å². The third-order valence-corrected chi connectivity index (χ3v) is 10.7. The van der Waals surface area contributed by atoms with Gasteiger partial charge in [0.1, 0.15) is 11.5 Å². The Labute approximate surface area is 268 Å². The zero-order valence-electron chi connectivity index (χ0n) is 24.1. The normalized spacial score (nSPS) is 13.2. The van der Waals surface area contributed by atoms with Crippen LogP contribution in [0.25, 0.3) is 54.9 Å². The largest absolute Gasteiger partial charge is 0.508 e. The van der Waals surface area contributed by atoms with Crippen molar-refractivity contribution in [2.24, 2.45) is 0 Å². The fraction of sp³-hybridized carbons (Fsp3) is 0.0244. The Morgan fingerprint density at radius 1 is 0.400 bits per heavy atom. The van der Waals surface area contributed by atoms with E-state index in [1.165, 1.54) is 55.6 Å². The summed E-state index contributed by atoms with van der Waals surface area (Å²) < 4.78 is 0. The molecule has 9 rings (SSSR count). The van der Waals surface area contributed by atoms with Crippen LogP contribution < -0.4 is 0 Å². The monoisotopic (exact) mass is 614 g/mol. The molecule has 2 N–H and O–H groups in total. The number of hydrogen-bond donors (Lipinski definition) is 2. The molecular formula is C41H26O2S2.